The van der Waals surface area contributed by atoms with Gasteiger partial charge in [-0.3, -0.25) is 9.59 Å². The van der Waals surface area contributed by atoms with Crippen LogP contribution in [0.1, 0.15) is 58.3 Å². The van der Waals surface area contributed by atoms with Gasteiger partial charge in [-0.25, -0.2) is 13.6 Å². The lowest BCUT2D eigenvalue weighted by molar-refractivity contribution is -0.149. The number of nitrogens with zero attached hydrogens (tertiary/aromatic N) is 1. The molecule has 1 aliphatic heterocycles. The van der Waals surface area contributed by atoms with Gasteiger partial charge in [-0.1, -0.05) is 12.2 Å². The summed E-state index contributed by atoms with van der Waals surface area (Å²) >= 11 is 0. The second-order valence-electron chi connectivity index (χ2n) is 7.11. The lowest BCUT2D eigenvalue weighted by Gasteiger charge is -2.26. The maximum Gasteiger partial charge on any atom is 0.328 e. The van der Waals surface area contributed by atoms with Crippen LogP contribution in [0.15, 0.2) is 25.3 Å². The van der Waals surface area contributed by atoms with Crippen LogP contribution < -0.4 is 5.32 Å². The predicted octanol–water partition coefficient (Wildman–Crippen LogP) is 3.37. The number of alkyl halides is 2. The average Bonchev–Trinajstić information content (AvgIpc) is 3.17. The number of amides is 2. The largest absolute Gasteiger partial charge is 0.464 e. The van der Waals surface area contributed by atoms with Crippen molar-refractivity contribution in [2.45, 2.75) is 76.3 Å². The molecule has 1 rings (SSSR count). The number of halogens is 2. The first-order valence-corrected chi connectivity index (χ1v) is 10.1. The third-order valence-corrected chi connectivity index (χ3v) is 4.84. The molecule has 0 aromatic heterocycles. The van der Waals surface area contributed by atoms with Crippen LogP contribution in [-0.4, -0.2) is 53.8 Å². The number of ether oxygens (including phenoxy) is 1. The third-order valence-electron chi connectivity index (χ3n) is 4.84. The Labute approximate surface area is 171 Å². The van der Waals surface area contributed by atoms with Crippen LogP contribution in [0.25, 0.3) is 0 Å². The highest BCUT2D eigenvalue weighted by molar-refractivity contribution is 5.91. The molecule has 29 heavy (non-hydrogen) atoms. The van der Waals surface area contributed by atoms with E-state index in [1.807, 2.05) is 0 Å². The lowest BCUT2D eigenvalue weighted by Crippen LogP contribution is -2.51. The number of likely N-dealkylation sites (tertiary alicyclic amines) is 1. The standard InChI is InChI=1S/C21H32F2N2O4/c1-4-7-11-18(26)25-15-9-10-17(25)19(27)24-16(20(28)29-6-3)12-14-21(22,23)13-8-5-2/h4-5,16-17H,1-2,6-15H2,3H3,(H,24,27). The van der Waals surface area contributed by atoms with E-state index in [4.69, 9.17) is 4.74 Å². The summed E-state index contributed by atoms with van der Waals surface area (Å²) in [5.41, 5.74) is 0. The van der Waals surface area contributed by atoms with E-state index in [2.05, 4.69) is 18.5 Å². The SMILES string of the molecule is C=CCCC(=O)N1CCCC1C(=O)NC(CCC(F)(F)CCC=C)C(=O)OCC. The highest BCUT2D eigenvalue weighted by atomic mass is 19.3. The Morgan fingerprint density at radius 2 is 1.93 bits per heavy atom. The molecule has 0 radical (unpaired) electrons. The molecule has 164 valence electrons. The number of carbonyl (C=O) groups is 3. The van der Waals surface area contributed by atoms with Crippen LogP contribution in [0, 0.1) is 0 Å². The third kappa shape index (κ3) is 8.33. The molecule has 2 unspecified atom stereocenters. The molecule has 0 aliphatic carbocycles. The molecule has 2 amide bonds. The molecule has 0 aromatic carbocycles. The number of hydrogen-bond acceptors (Lipinski definition) is 4. The van der Waals surface area contributed by atoms with Gasteiger partial charge in [0.05, 0.1) is 6.61 Å². The number of carbonyl (C=O) groups excluding carboxylic acids is 3. The Morgan fingerprint density at radius 1 is 1.24 bits per heavy atom. The smallest absolute Gasteiger partial charge is 0.328 e. The molecule has 1 N–H and O–H groups in total. The second kappa shape index (κ2) is 12.3. The summed E-state index contributed by atoms with van der Waals surface area (Å²) in [6, 6.07) is -1.88. The molecule has 0 bridgehead atoms. The van der Waals surface area contributed by atoms with Crippen LogP contribution >= 0.6 is 0 Å². The van der Waals surface area contributed by atoms with Crippen molar-refractivity contribution in [3.8, 4) is 0 Å². The summed E-state index contributed by atoms with van der Waals surface area (Å²) in [4.78, 5) is 38.7. The van der Waals surface area contributed by atoms with E-state index in [1.165, 1.54) is 11.0 Å². The van der Waals surface area contributed by atoms with E-state index in [0.29, 0.717) is 25.8 Å². The maximum absolute atomic E-state index is 14.0. The number of esters is 1. The van der Waals surface area contributed by atoms with E-state index < -0.39 is 36.3 Å². The summed E-state index contributed by atoms with van der Waals surface area (Å²) < 4.78 is 32.9. The average molecular weight is 414 g/mol. The summed E-state index contributed by atoms with van der Waals surface area (Å²) in [5, 5.41) is 2.53. The van der Waals surface area contributed by atoms with E-state index in [0.717, 1.165) is 0 Å². The molecule has 0 aromatic rings. The summed E-state index contributed by atoms with van der Waals surface area (Å²) in [6.45, 7) is 9.15. The zero-order valence-electron chi connectivity index (χ0n) is 17.1. The van der Waals surface area contributed by atoms with Crippen LogP contribution in [0.3, 0.4) is 0 Å². The highest BCUT2D eigenvalue weighted by Crippen LogP contribution is 2.27. The van der Waals surface area contributed by atoms with Gasteiger partial charge in [-0.15, -0.1) is 13.2 Å². The van der Waals surface area contributed by atoms with Gasteiger partial charge in [-0.05, 0) is 39.0 Å². The van der Waals surface area contributed by atoms with Gasteiger partial charge in [-0.2, -0.15) is 0 Å². The summed E-state index contributed by atoms with van der Waals surface area (Å²) in [6.07, 6.45) is 3.94. The molecular weight excluding hydrogens is 382 g/mol. The Hall–Kier alpha value is -2.25. The molecular formula is C21H32F2N2O4. The molecule has 0 saturated carbocycles. The fraction of sp³-hybridized carbons (Fsp3) is 0.667. The van der Waals surface area contributed by atoms with Crippen molar-refractivity contribution >= 4 is 17.8 Å². The Balaban J connectivity index is 2.77. The van der Waals surface area contributed by atoms with Crippen molar-refractivity contribution in [2.24, 2.45) is 0 Å². The molecule has 1 heterocycles. The van der Waals surface area contributed by atoms with Gasteiger partial charge in [0.25, 0.3) is 0 Å². The van der Waals surface area contributed by atoms with Gasteiger partial charge >= 0.3 is 5.97 Å². The number of allylic oxidation sites excluding steroid dienone is 2. The number of rotatable bonds is 13. The van der Waals surface area contributed by atoms with Crippen molar-refractivity contribution in [2.75, 3.05) is 13.2 Å². The minimum Gasteiger partial charge on any atom is -0.464 e. The van der Waals surface area contributed by atoms with Gasteiger partial charge in [0.15, 0.2) is 0 Å². The zero-order chi connectivity index (χ0) is 21.9. The highest BCUT2D eigenvalue weighted by Gasteiger charge is 2.37. The van der Waals surface area contributed by atoms with Crippen LogP contribution in [-0.2, 0) is 19.1 Å². The Kier molecular flexibility index (Phi) is 10.5. The zero-order valence-corrected chi connectivity index (χ0v) is 17.1. The van der Waals surface area contributed by atoms with Crippen molar-refractivity contribution in [3.05, 3.63) is 25.3 Å². The molecule has 0 spiro atoms. The van der Waals surface area contributed by atoms with Crippen molar-refractivity contribution in [3.63, 3.8) is 0 Å². The second-order valence-corrected chi connectivity index (χ2v) is 7.11. The summed E-state index contributed by atoms with van der Waals surface area (Å²) in [5.74, 6) is -4.39. The number of nitrogens with one attached hydrogen (secondary N) is 1. The molecule has 1 fully saturated rings. The van der Waals surface area contributed by atoms with Crippen molar-refractivity contribution < 1.29 is 27.9 Å². The molecule has 1 saturated heterocycles. The first-order chi connectivity index (χ1) is 13.8. The van der Waals surface area contributed by atoms with Crippen molar-refractivity contribution in [1.82, 2.24) is 10.2 Å². The van der Waals surface area contributed by atoms with Crippen LogP contribution in [0.2, 0.25) is 0 Å². The van der Waals surface area contributed by atoms with E-state index in [1.54, 1.807) is 13.0 Å². The van der Waals surface area contributed by atoms with Gasteiger partial charge < -0.3 is 15.0 Å². The van der Waals surface area contributed by atoms with Crippen molar-refractivity contribution in [1.29, 1.82) is 0 Å². The quantitative estimate of drug-likeness (QED) is 0.370. The molecule has 8 heteroatoms. The Bertz CT molecular complexity index is 595. The van der Waals surface area contributed by atoms with Gasteiger partial charge in [0, 0.05) is 25.8 Å². The first-order valence-electron chi connectivity index (χ1n) is 10.1. The summed E-state index contributed by atoms with van der Waals surface area (Å²) in [7, 11) is 0. The minimum absolute atomic E-state index is 0.0770. The monoisotopic (exact) mass is 414 g/mol. The van der Waals surface area contributed by atoms with Gasteiger partial charge in [0.2, 0.25) is 17.7 Å². The van der Waals surface area contributed by atoms with Crippen LogP contribution in [0.5, 0.6) is 0 Å². The number of hydrogen-bond donors (Lipinski definition) is 1. The molecule has 2 atom stereocenters. The van der Waals surface area contributed by atoms with E-state index in [9.17, 15) is 23.2 Å². The van der Waals surface area contributed by atoms with Gasteiger partial charge in [0.1, 0.15) is 12.1 Å². The normalized spacial score (nSPS) is 17.5. The topological polar surface area (TPSA) is 75.7 Å². The minimum atomic E-state index is -2.97. The fourth-order valence-corrected chi connectivity index (χ4v) is 3.26. The lowest BCUT2D eigenvalue weighted by atomic mass is 10.0. The van der Waals surface area contributed by atoms with E-state index >= 15 is 0 Å². The van der Waals surface area contributed by atoms with E-state index in [-0.39, 0.29) is 38.2 Å². The Morgan fingerprint density at radius 3 is 2.55 bits per heavy atom. The molecule has 1 aliphatic rings. The molecule has 6 nitrogen and oxygen atoms in total. The predicted molar refractivity (Wildman–Crippen MR) is 106 cm³/mol. The fourth-order valence-electron chi connectivity index (χ4n) is 3.26. The van der Waals surface area contributed by atoms with Crippen LogP contribution in [0.4, 0.5) is 8.78 Å². The first kappa shape index (κ1) is 24.8. The maximum atomic E-state index is 14.0.